The van der Waals surface area contributed by atoms with Gasteiger partial charge in [0, 0.05) is 25.8 Å². The zero-order valence-corrected chi connectivity index (χ0v) is 12.0. The number of halogens is 1. The first-order chi connectivity index (χ1) is 8.91. The highest BCUT2D eigenvalue weighted by Crippen LogP contribution is 2.24. The van der Waals surface area contributed by atoms with Gasteiger partial charge in [-0.1, -0.05) is 0 Å². The lowest BCUT2D eigenvalue weighted by Crippen LogP contribution is -2.38. The Balaban J connectivity index is 2.80. The van der Waals surface area contributed by atoms with E-state index in [9.17, 15) is 4.39 Å². The molecule has 0 saturated carbocycles. The Bertz CT molecular complexity index is 410. The molecule has 0 fully saturated rings. The van der Waals surface area contributed by atoms with E-state index in [1.54, 1.807) is 26.4 Å². The van der Waals surface area contributed by atoms with Gasteiger partial charge in [-0.05, 0) is 32.4 Å². The average molecular weight is 270 g/mol. The van der Waals surface area contributed by atoms with Crippen LogP contribution in [0.15, 0.2) is 18.2 Å². The van der Waals surface area contributed by atoms with E-state index in [1.807, 2.05) is 13.8 Å². The Kier molecular flexibility index (Phi) is 5.57. The summed E-state index contributed by atoms with van der Waals surface area (Å²) in [6, 6.07) is 4.50. The molecule has 0 aliphatic heterocycles. The van der Waals surface area contributed by atoms with E-state index in [0.29, 0.717) is 24.4 Å². The Labute approximate surface area is 114 Å². The lowest BCUT2D eigenvalue weighted by atomic mass is 9.98. The van der Waals surface area contributed by atoms with Crippen LogP contribution in [0.25, 0.3) is 0 Å². The monoisotopic (exact) mass is 270 g/mol. The number of methoxy groups -OCH3 is 2. The molecule has 0 aliphatic carbocycles. The summed E-state index contributed by atoms with van der Waals surface area (Å²) >= 11 is 0. The van der Waals surface area contributed by atoms with E-state index in [0.717, 1.165) is 0 Å². The molecule has 108 valence electrons. The molecule has 0 spiro atoms. The van der Waals surface area contributed by atoms with Crippen molar-refractivity contribution in [1.29, 1.82) is 0 Å². The molecular weight excluding hydrogens is 247 g/mol. The quantitative estimate of drug-likeness (QED) is 0.798. The number of hydrogen-bond acceptors (Lipinski definition) is 4. The van der Waals surface area contributed by atoms with Gasteiger partial charge in [0.1, 0.15) is 11.6 Å². The SMILES string of the molecule is COc1ccc(F)c(NC(CN)CC(C)(C)OC)c1. The lowest BCUT2D eigenvalue weighted by molar-refractivity contribution is 0.0121. The van der Waals surface area contributed by atoms with Crippen LogP contribution in [-0.4, -0.2) is 32.4 Å². The van der Waals surface area contributed by atoms with Gasteiger partial charge in [0.2, 0.25) is 0 Å². The predicted octanol–water partition coefficient (Wildman–Crippen LogP) is 2.39. The average Bonchev–Trinajstić information content (AvgIpc) is 2.40. The number of hydrogen-bond donors (Lipinski definition) is 2. The molecule has 19 heavy (non-hydrogen) atoms. The van der Waals surface area contributed by atoms with Crippen LogP contribution in [0.4, 0.5) is 10.1 Å². The maximum Gasteiger partial charge on any atom is 0.146 e. The third-order valence-electron chi connectivity index (χ3n) is 3.11. The summed E-state index contributed by atoms with van der Waals surface area (Å²) in [4.78, 5) is 0. The highest BCUT2D eigenvalue weighted by molar-refractivity contribution is 5.50. The highest BCUT2D eigenvalue weighted by atomic mass is 19.1. The highest BCUT2D eigenvalue weighted by Gasteiger charge is 2.22. The summed E-state index contributed by atoms with van der Waals surface area (Å²) < 4.78 is 24.2. The third-order valence-corrected chi connectivity index (χ3v) is 3.11. The molecule has 3 N–H and O–H groups in total. The minimum absolute atomic E-state index is 0.0726. The summed E-state index contributed by atoms with van der Waals surface area (Å²) in [7, 11) is 3.20. The molecule has 1 aromatic carbocycles. The van der Waals surface area contributed by atoms with Crippen LogP contribution in [0.1, 0.15) is 20.3 Å². The van der Waals surface area contributed by atoms with Crippen LogP contribution < -0.4 is 15.8 Å². The molecule has 0 aromatic heterocycles. The number of nitrogens with one attached hydrogen (secondary N) is 1. The number of benzene rings is 1. The molecule has 1 atom stereocenters. The van der Waals surface area contributed by atoms with Crippen molar-refractivity contribution >= 4 is 5.69 Å². The Morgan fingerprint density at radius 3 is 2.58 bits per heavy atom. The maximum absolute atomic E-state index is 13.7. The van der Waals surface area contributed by atoms with Gasteiger partial charge in [0.25, 0.3) is 0 Å². The second-order valence-corrected chi connectivity index (χ2v) is 5.09. The van der Waals surface area contributed by atoms with Crippen LogP contribution in [0.5, 0.6) is 5.75 Å². The van der Waals surface area contributed by atoms with Crippen molar-refractivity contribution in [3.8, 4) is 5.75 Å². The summed E-state index contributed by atoms with van der Waals surface area (Å²) in [6.07, 6.45) is 0.677. The first-order valence-corrected chi connectivity index (χ1v) is 6.27. The van der Waals surface area contributed by atoms with Crippen molar-refractivity contribution in [2.45, 2.75) is 31.9 Å². The summed E-state index contributed by atoms with van der Waals surface area (Å²) in [5.74, 6) is 0.278. The molecular formula is C14H23FN2O2. The minimum Gasteiger partial charge on any atom is -0.497 e. The fourth-order valence-electron chi connectivity index (χ4n) is 1.83. The molecule has 1 unspecified atom stereocenters. The van der Waals surface area contributed by atoms with E-state index < -0.39 is 0 Å². The topological polar surface area (TPSA) is 56.5 Å². The van der Waals surface area contributed by atoms with Crippen molar-refractivity contribution in [1.82, 2.24) is 0 Å². The smallest absolute Gasteiger partial charge is 0.146 e. The standard InChI is InChI=1S/C14H23FN2O2/c1-14(2,19-4)8-10(9-16)17-13-7-11(18-3)5-6-12(13)15/h5-7,10,17H,8-9,16H2,1-4H3. The molecule has 1 aromatic rings. The Morgan fingerprint density at radius 2 is 2.05 bits per heavy atom. The minimum atomic E-state index is -0.325. The molecule has 4 nitrogen and oxygen atoms in total. The zero-order chi connectivity index (χ0) is 14.5. The van der Waals surface area contributed by atoms with E-state index in [1.165, 1.54) is 6.07 Å². The first kappa shape index (κ1) is 15.7. The van der Waals surface area contributed by atoms with Crippen molar-refractivity contribution < 1.29 is 13.9 Å². The number of anilines is 1. The fourth-order valence-corrected chi connectivity index (χ4v) is 1.83. The van der Waals surface area contributed by atoms with Crippen molar-refractivity contribution in [2.24, 2.45) is 5.73 Å². The van der Waals surface area contributed by atoms with Gasteiger partial charge in [0.15, 0.2) is 0 Å². The van der Waals surface area contributed by atoms with E-state index in [2.05, 4.69) is 5.32 Å². The molecule has 0 saturated heterocycles. The number of nitrogens with two attached hydrogens (primary N) is 1. The van der Waals surface area contributed by atoms with Gasteiger partial charge in [-0.25, -0.2) is 4.39 Å². The van der Waals surface area contributed by atoms with Gasteiger partial charge in [-0.3, -0.25) is 0 Å². The van der Waals surface area contributed by atoms with Gasteiger partial charge in [0.05, 0.1) is 18.4 Å². The zero-order valence-electron chi connectivity index (χ0n) is 12.0. The predicted molar refractivity (Wildman–Crippen MR) is 75.1 cm³/mol. The molecule has 0 heterocycles. The van der Waals surface area contributed by atoms with Crippen LogP contribution in [-0.2, 0) is 4.74 Å². The van der Waals surface area contributed by atoms with E-state index in [4.69, 9.17) is 15.2 Å². The fraction of sp³-hybridized carbons (Fsp3) is 0.571. The number of ether oxygens (including phenoxy) is 2. The molecule has 0 bridgehead atoms. The van der Waals surface area contributed by atoms with Crippen LogP contribution in [0.2, 0.25) is 0 Å². The van der Waals surface area contributed by atoms with E-state index in [-0.39, 0.29) is 17.5 Å². The van der Waals surface area contributed by atoms with Crippen LogP contribution in [0.3, 0.4) is 0 Å². The molecule has 1 rings (SSSR count). The van der Waals surface area contributed by atoms with Gasteiger partial charge < -0.3 is 20.5 Å². The summed E-state index contributed by atoms with van der Waals surface area (Å²) in [5.41, 5.74) is 5.81. The molecule has 0 amide bonds. The Morgan fingerprint density at radius 1 is 1.37 bits per heavy atom. The first-order valence-electron chi connectivity index (χ1n) is 6.27. The van der Waals surface area contributed by atoms with Crippen molar-refractivity contribution in [2.75, 3.05) is 26.1 Å². The maximum atomic E-state index is 13.7. The second-order valence-electron chi connectivity index (χ2n) is 5.09. The van der Waals surface area contributed by atoms with Crippen LogP contribution >= 0.6 is 0 Å². The largest absolute Gasteiger partial charge is 0.497 e. The Hall–Kier alpha value is -1.33. The van der Waals surface area contributed by atoms with Gasteiger partial charge in [-0.2, -0.15) is 0 Å². The van der Waals surface area contributed by atoms with E-state index >= 15 is 0 Å². The molecule has 0 radical (unpaired) electrons. The van der Waals surface area contributed by atoms with Gasteiger partial charge >= 0.3 is 0 Å². The van der Waals surface area contributed by atoms with Crippen molar-refractivity contribution in [3.63, 3.8) is 0 Å². The lowest BCUT2D eigenvalue weighted by Gasteiger charge is -2.29. The van der Waals surface area contributed by atoms with Crippen molar-refractivity contribution in [3.05, 3.63) is 24.0 Å². The summed E-state index contributed by atoms with van der Waals surface area (Å²) in [5, 5.41) is 3.10. The molecule has 0 aliphatic rings. The second kappa shape index (κ2) is 6.73. The number of rotatable bonds is 7. The van der Waals surface area contributed by atoms with Crippen LogP contribution in [0, 0.1) is 5.82 Å². The summed E-state index contributed by atoms with van der Waals surface area (Å²) in [6.45, 7) is 4.34. The normalized spacial score (nSPS) is 13.2. The third kappa shape index (κ3) is 4.69. The molecule has 5 heteroatoms. The van der Waals surface area contributed by atoms with Gasteiger partial charge in [-0.15, -0.1) is 0 Å².